The van der Waals surface area contributed by atoms with Crippen LogP contribution in [0.5, 0.6) is 5.75 Å². The molecule has 0 bridgehead atoms. The fourth-order valence-corrected chi connectivity index (χ4v) is 4.05. The number of hydrogen-bond acceptors (Lipinski definition) is 7. The van der Waals surface area contributed by atoms with Gasteiger partial charge in [-0.2, -0.15) is 5.10 Å². The Morgan fingerprint density at radius 2 is 1.97 bits per heavy atom. The minimum atomic E-state index is -0.0845. The van der Waals surface area contributed by atoms with Crippen molar-refractivity contribution >= 4 is 23.2 Å². The van der Waals surface area contributed by atoms with Crippen molar-refractivity contribution in [3.05, 3.63) is 59.9 Å². The van der Waals surface area contributed by atoms with Crippen LogP contribution in [-0.2, 0) is 0 Å². The van der Waals surface area contributed by atoms with Crippen LogP contribution in [-0.4, -0.2) is 61.7 Å². The van der Waals surface area contributed by atoms with Crippen molar-refractivity contribution in [2.75, 3.05) is 25.5 Å². The van der Waals surface area contributed by atoms with Gasteiger partial charge in [-0.1, -0.05) is 0 Å². The fraction of sp³-hybridized carbons (Fsp3) is 0.292. The molecular formula is C24H26N8O2. The molecular weight excluding hydrogens is 432 g/mol. The Morgan fingerprint density at radius 3 is 2.74 bits per heavy atom. The van der Waals surface area contributed by atoms with Gasteiger partial charge in [-0.3, -0.25) is 4.98 Å². The number of carbonyl (C=O) groups excluding carboxylic acids is 1. The van der Waals surface area contributed by atoms with E-state index in [1.165, 1.54) is 0 Å². The number of amides is 2. The van der Waals surface area contributed by atoms with Crippen LogP contribution >= 0.6 is 0 Å². The van der Waals surface area contributed by atoms with E-state index < -0.39 is 0 Å². The van der Waals surface area contributed by atoms with Gasteiger partial charge in [0.05, 0.1) is 17.8 Å². The quantitative estimate of drug-likeness (QED) is 0.456. The largest absolute Gasteiger partial charge is 0.489 e. The van der Waals surface area contributed by atoms with Gasteiger partial charge in [0.1, 0.15) is 24.0 Å². The van der Waals surface area contributed by atoms with Gasteiger partial charge in [0.15, 0.2) is 5.82 Å². The van der Waals surface area contributed by atoms with Crippen molar-refractivity contribution in [2.45, 2.75) is 26.8 Å². The van der Waals surface area contributed by atoms with Gasteiger partial charge in [0.2, 0.25) is 0 Å². The molecule has 0 spiro atoms. The van der Waals surface area contributed by atoms with Crippen LogP contribution in [0.4, 0.5) is 16.4 Å². The van der Waals surface area contributed by atoms with E-state index in [1.54, 1.807) is 18.1 Å². The third-order valence-corrected chi connectivity index (χ3v) is 5.61. The molecule has 1 atom stereocenters. The molecule has 2 N–H and O–H groups in total. The lowest BCUT2D eigenvalue weighted by Gasteiger charge is -2.15. The van der Waals surface area contributed by atoms with E-state index >= 15 is 0 Å². The van der Waals surface area contributed by atoms with Gasteiger partial charge in [0, 0.05) is 48.9 Å². The first kappa shape index (κ1) is 21.6. The molecule has 174 valence electrons. The Hall–Kier alpha value is -4.21. The molecule has 0 unspecified atom stereocenters. The maximum Gasteiger partial charge on any atom is 0.317 e. The number of likely N-dealkylation sites (N-methyl/N-ethyl adjacent to an activating group) is 1. The lowest BCUT2D eigenvalue weighted by atomic mass is 10.1. The first-order valence-electron chi connectivity index (χ1n) is 11.0. The number of carbonyl (C=O) groups is 1. The Kier molecular flexibility index (Phi) is 5.48. The summed E-state index contributed by atoms with van der Waals surface area (Å²) in [5.74, 6) is 2.78. The zero-order valence-corrected chi connectivity index (χ0v) is 19.5. The molecule has 5 rings (SSSR count). The van der Waals surface area contributed by atoms with Gasteiger partial charge in [-0.15, -0.1) is 0 Å². The predicted molar refractivity (Wildman–Crippen MR) is 128 cm³/mol. The van der Waals surface area contributed by atoms with E-state index in [2.05, 4.69) is 36.8 Å². The molecule has 4 aromatic heterocycles. The van der Waals surface area contributed by atoms with Crippen LogP contribution in [0, 0.1) is 20.8 Å². The highest BCUT2D eigenvalue weighted by atomic mass is 16.5. The topological polar surface area (TPSA) is 110 Å². The molecule has 0 saturated carbocycles. The summed E-state index contributed by atoms with van der Waals surface area (Å²) in [7, 11) is 1.77. The first-order chi connectivity index (χ1) is 16.3. The van der Waals surface area contributed by atoms with E-state index in [1.807, 2.05) is 55.7 Å². The third-order valence-electron chi connectivity index (χ3n) is 5.61. The molecule has 10 heteroatoms. The van der Waals surface area contributed by atoms with E-state index in [4.69, 9.17) is 4.74 Å². The number of hydrogen-bond donors (Lipinski definition) is 2. The number of anilines is 2. The van der Waals surface area contributed by atoms with Crippen molar-refractivity contribution in [3.63, 3.8) is 0 Å². The fourth-order valence-electron chi connectivity index (χ4n) is 4.05. The molecule has 4 aromatic rings. The third kappa shape index (κ3) is 4.47. The summed E-state index contributed by atoms with van der Waals surface area (Å²) in [4.78, 5) is 26.5. The number of nitrogens with one attached hydrogen (secondary N) is 2. The Morgan fingerprint density at radius 1 is 1.12 bits per heavy atom. The molecule has 10 nitrogen and oxygen atoms in total. The molecule has 0 aliphatic carbocycles. The first-order valence-corrected chi connectivity index (χ1v) is 11.0. The Bertz CT molecular complexity index is 1360. The lowest BCUT2D eigenvalue weighted by Crippen LogP contribution is -2.32. The predicted octanol–water partition coefficient (Wildman–Crippen LogP) is 3.26. The number of aryl methyl sites for hydroxylation is 3. The second kappa shape index (κ2) is 8.62. The summed E-state index contributed by atoms with van der Waals surface area (Å²) >= 11 is 0. The van der Waals surface area contributed by atoms with Crippen LogP contribution in [0.3, 0.4) is 0 Å². The van der Waals surface area contributed by atoms with Gasteiger partial charge in [-0.05, 0) is 44.5 Å². The van der Waals surface area contributed by atoms with Gasteiger partial charge >= 0.3 is 6.03 Å². The summed E-state index contributed by atoms with van der Waals surface area (Å²) in [6.45, 7) is 6.73. The summed E-state index contributed by atoms with van der Waals surface area (Å²) in [5.41, 5.74) is 4.63. The maximum absolute atomic E-state index is 11.7. The number of ether oxygens (including phenoxy) is 1. The van der Waals surface area contributed by atoms with Crippen LogP contribution in [0.25, 0.3) is 16.6 Å². The van der Waals surface area contributed by atoms with Gasteiger partial charge in [-0.25, -0.2) is 19.3 Å². The minimum absolute atomic E-state index is 0.0633. The molecule has 0 radical (unpaired) electrons. The molecule has 1 aliphatic heterocycles. The summed E-state index contributed by atoms with van der Waals surface area (Å²) in [5, 5.41) is 10.8. The van der Waals surface area contributed by atoms with Crippen molar-refractivity contribution in [3.8, 4) is 16.9 Å². The average Bonchev–Trinajstić information content (AvgIpc) is 3.33. The van der Waals surface area contributed by atoms with E-state index in [-0.39, 0.29) is 12.1 Å². The number of nitrogens with zero attached hydrogens (tertiary/aromatic N) is 6. The van der Waals surface area contributed by atoms with Gasteiger partial charge in [0.25, 0.3) is 0 Å². The molecule has 5 heterocycles. The number of fused-ring (bicyclic) bond motifs is 1. The monoisotopic (exact) mass is 458 g/mol. The highest BCUT2D eigenvalue weighted by Gasteiger charge is 2.26. The average molecular weight is 459 g/mol. The van der Waals surface area contributed by atoms with Gasteiger partial charge < -0.3 is 20.3 Å². The molecule has 1 saturated heterocycles. The van der Waals surface area contributed by atoms with Crippen molar-refractivity contribution in [1.29, 1.82) is 0 Å². The molecule has 1 aliphatic rings. The molecule has 2 amide bonds. The smallest absolute Gasteiger partial charge is 0.317 e. The molecule has 34 heavy (non-hydrogen) atoms. The highest BCUT2D eigenvalue weighted by Crippen LogP contribution is 2.31. The minimum Gasteiger partial charge on any atom is -0.489 e. The SMILES string of the molecule is Cc1cc(-c2ccn3nc(Nc4cc(C)nc(C)n4)cc3c2)c(OC[C@@H]2CN(C)C(=O)N2)cn1. The second-order valence-corrected chi connectivity index (χ2v) is 8.54. The number of aromatic nitrogens is 5. The van der Waals surface area contributed by atoms with Crippen molar-refractivity contribution in [2.24, 2.45) is 0 Å². The van der Waals surface area contributed by atoms with Crippen LogP contribution in [0.2, 0.25) is 0 Å². The van der Waals surface area contributed by atoms with E-state index in [9.17, 15) is 4.79 Å². The Labute approximate surface area is 197 Å². The van der Waals surface area contributed by atoms with E-state index in [0.717, 1.165) is 28.0 Å². The second-order valence-electron chi connectivity index (χ2n) is 8.54. The standard InChI is InChI=1S/C24H26N8O2/c1-14-7-20(21(11-25-14)34-13-18-12-31(4)24(33)28-18)17-5-6-32-19(9-17)10-23(30-32)29-22-8-15(2)26-16(3)27-22/h5-11,18H,12-13H2,1-4H3,(H,28,33)(H,26,27,29,30)/t18-/m0/s1. The number of rotatable bonds is 6. The van der Waals surface area contributed by atoms with E-state index in [0.29, 0.717) is 36.4 Å². The lowest BCUT2D eigenvalue weighted by molar-refractivity contribution is 0.225. The molecule has 1 fully saturated rings. The van der Waals surface area contributed by atoms with Crippen molar-refractivity contribution in [1.82, 2.24) is 34.8 Å². The zero-order chi connectivity index (χ0) is 23.8. The number of pyridine rings is 2. The van der Waals surface area contributed by atoms with Crippen LogP contribution < -0.4 is 15.4 Å². The molecule has 0 aromatic carbocycles. The summed E-state index contributed by atoms with van der Waals surface area (Å²) < 4.78 is 7.90. The highest BCUT2D eigenvalue weighted by molar-refractivity contribution is 5.77. The summed E-state index contributed by atoms with van der Waals surface area (Å²) in [6, 6.07) is 9.76. The zero-order valence-electron chi connectivity index (χ0n) is 19.5. The van der Waals surface area contributed by atoms with Crippen LogP contribution in [0.15, 0.2) is 42.7 Å². The maximum atomic E-state index is 11.7. The number of urea groups is 1. The van der Waals surface area contributed by atoms with Crippen molar-refractivity contribution < 1.29 is 9.53 Å². The Balaban J connectivity index is 1.40. The summed E-state index contributed by atoms with van der Waals surface area (Å²) in [6.07, 6.45) is 3.65. The van der Waals surface area contributed by atoms with Crippen LogP contribution in [0.1, 0.15) is 17.2 Å². The normalized spacial score (nSPS) is 15.6.